The lowest BCUT2D eigenvalue weighted by Crippen LogP contribution is -1.99. The quantitative estimate of drug-likeness (QED) is 0.113. The predicted octanol–water partition coefficient (Wildman–Crippen LogP) is 7.16. The maximum absolute atomic E-state index is 11.1. The van der Waals surface area contributed by atoms with Gasteiger partial charge in [-0.3, -0.25) is 10.1 Å². The predicted molar refractivity (Wildman–Crippen MR) is 136 cm³/mol. The van der Waals surface area contributed by atoms with E-state index in [4.69, 9.17) is 9.47 Å². The molecule has 0 saturated heterocycles. The van der Waals surface area contributed by atoms with Gasteiger partial charge >= 0.3 is 0 Å². The van der Waals surface area contributed by atoms with Crippen LogP contribution in [-0.2, 0) is 6.61 Å². The Morgan fingerprint density at radius 3 is 2.59 bits per heavy atom. The molecule has 0 amide bonds. The van der Waals surface area contributed by atoms with E-state index in [1.807, 2.05) is 24.3 Å². The second-order valence-corrected chi connectivity index (χ2v) is 8.34. The van der Waals surface area contributed by atoms with Gasteiger partial charge < -0.3 is 9.47 Å². The molecule has 34 heavy (non-hydrogen) atoms. The number of allylic oxidation sites excluding steroid dienone is 1. The van der Waals surface area contributed by atoms with Crippen molar-refractivity contribution in [1.82, 2.24) is 0 Å². The van der Waals surface area contributed by atoms with E-state index in [-0.39, 0.29) is 5.69 Å². The van der Waals surface area contributed by atoms with Gasteiger partial charge in [-0.25, -0.2) is 0 Å². The third-order valence-electron chi connectivity index (χ3n) is 5.25. The van der Waals surface area contributed by atoms with Gasteiger partial charge in [0.05, 0.1) is 28.1 Å². The lowest BCUT2D eigenvalue weighted by atomic mass is 10.0. The van der Waals surface area contributed by atoms with Crippen LogP contribution < -0.4 is 9.47 Å². The van der Waals surface area contributed by atoms with Crippen molar-refractivity contribution in [3.05, 3.63) is 110 Å². The fourth-order valence-electron chi connectivity index (χ4n) is 3.58. The Morgan fingerprint density at radius 2 is 1.85 bits per heavy atom. The summed E-state index contributed by atoms with van der Waals surface area (Å²) in [7, 11) is 1.55. The summed E-state index contributed by atoms with van der Waals surface area (Å²) in [4.78, 5) is 10.6. The number of nitrogens with zero attached hydrogens (tertiary/aromatic N) is 2. The minimum atomic E-state index is -0.486. The largest absolute Gasteiger partial charge is 0.493 e. The maximum atomic E-state index is 11.1. The highest BCUT2D eigenvalue weighted by molar-refractivity contribution is 9.10. The van der Waals surface area contributed by atoms with E-state index in [9.17, 15) is 15.4 Å². The van der Waals surface area contributed by atoms with Crippen molar-refractivity contribution in [1.29, 1.82) is 5.26 Å². The van der Waals surface area contributed by atoms with Gasteiger partial charge in [0.25, 0.3) is 5.69 Å². The summed E-state index contributed by atoms with van der Waals surface area (Å²) in [6.07, 6.45) is 1.65. The van der Waals surface area contributed by atoms with Crippen LogP contribution in [0.3, 0.4) is 0 Å². The molecule has 0 aliphatic carbocycles. The topological polar surface area (TPSA) is 85.4 Å². The van der Waals surface area contributed by atoms with Crippen molar-refractivity contribution in [2.45, 2.75) is 6.61 Å². The van der Waals surface area contributed by atoms with Crippen LogP contribution in [0.15, 0.2) is 83.3 Å². The molecule has 168 valence electrons. The number of nitriles is 1. The third kappa shape index (κ3) is 5.08. The molecule has 4 rings (SSSR count). The standard InChI is InChI=1S/C27H19BrN2O4/c1-33-26-14-19(12-23(16-29)22-7-4-8-24(15-22)30(31)32)13-25(28)27(26)34-17-18-9-10-20-5-2-3-6-21(20)11-18/h2-15H,17H2,1H3/b23-12-. The molecule has 0 aromatic heterocycles. The number of hydrogen-bond donors (Lipinski definition) is 0. The number of methoxy groups -OCH3 is 1. The molecule has 4 aromatic rings. The van der Waals surface area contributed by atoms with Crippen LogP contribution in [0.25, 0.3) is 22.4 Å². The van der Waals surface area contributed by atoms with Crippen molar-refractivity contribution >= 4 is 44.0 Å². The number of rotatable bonds is 7. The van der Waals surface area contributed by atoms with Crippen molar-refractivity contribution in [2.24, 2.45) is 0 Å². The molecule has 0 spiro atoms. The summed E-state index contributed by atoms with van der Waals surface area (Å²) >= 11 is 3.54. The van der Waals surface area contributed by atoms with Crippen molar-refractivity contribution in [2.75, 3.05) is 7.11 Å². The number of benzene rings is 4. The Kier molecular flexibility index (Phi) is 6.90. The molecule has 0 saturated carbocycles. The molecule has 7 heteroatoms. The number of nitro groups is 1. The Labute approximate surface area is 205 Å². The van der Waals surface area contributed by atoms with Crippen LogP contribution in [-0.4, -0.2) is 12.0 Å². The van der Waals surface area contributed by atoms with Gasteiger partial charge in [-0.15, -0.1) is 0 Å². The monoisotopic (exact) mass is 514 g/mol. The summed E-state index contributed by atoms with van der Waals surface area (Å²) in [5.41, 5.74) is 2.39. The summed E-state index contributed by atoms with van der Waals surface area (Å²) in [5.74, 6) is 1.04. The molecule has 0 aliphatic heterocycles. The summed E-state index contributed by atoms with van der Waals surface area (Å²) in [6, 6.07) is 26.0. The number of nitro benzene ring substituents is 1. The summed E-state index contributed by atoms with van der Waals surface area (Å²) in [6.45, 7) is 0.353. The zero-order chi connectivity index (χ0) is 24.1. The van der Waals surface area contributed by atoms with Crippen LogP contribution in [0.4, 0.5) is 5.69 Å². The van der Waals surface area contributed by atoms with Crippen molar-refractivity contribution < 1.29 is 14.4 Å². The second kappa shape index (κ2) is 10.2. The zero-order valence-corrected chi connectivity index (χ0v) is 19.8. The van der Waals surface area contributed by atoms with E-state index in [2.05, 4.69) is 46.3 Å². The van der Waals surface area contributed by atoms with Crippen LogP contribution in [0.5, 0.6) is 11.5 Å². The SMILES string of the molecule is COc1cc(/C=C(/C#N)c2cccc([N+](=O)[O-])c2)cc(Br)c1OCc1ccc2ccccc2c1. The Balaban J connectivity index is 1.61. The van der Waals surface area contributed by atoms with Gasteiger partial charge in [-0.1, -0.05) is 48.5 Å². The lowest BCUT2D eigenvalue weighted by molar-refractivity contribution is -0.384. The minimum absolute atomic E-state index is 0.0742. The van der Waals surface area contributed by atoms with Gasteiger partial charge in [0.15, 0.2) is 11.5 Å². The summed E-state index contributed by atoms with van der Waals surface area (Å²) < 4.78 is 12.3. The first-order valence-corrected chi connectivity index (χ1v) is 11.1. The zero-order valence-electron chi connectivity index (χ0n) is 18.2. The molecule has 0 bridgehead atoms. The van der Waals surface area contributed by atoms with E-state index < -0.39 is 4.92 Å². The maximum Gasteiger partial charge on any atom is 0.270 e. The molecule has 0 fully saturated rings. The Hall–Kier alpha value is -4.15. The Morgan fingerprint density at radius 1 is 1.06 bits per heavy atom. The molecule has 0 N–H and O–H groups in total. The van der Waals surface area contributed by atoms with Crippen LogP contribution in [0.1, 0.15) is 16.7 Å². The minimum Gasteiger partial charge on any atom is -0.493 e. The van der Waals surface area contributed by atoms with E-state index >= 15 is 0 Å². The molecule has 4 aromatic carbocycles. The van der Waals surface area contributed by atoms with Gasteiger partial charge in [0.1, 0.15) is 6.61 Å². The third-order valence-corrected chi connectivity index (χ3v) is 5.84. The van der Waals surface area contributed by atoms with Gasteiger partial charge in [-0.05, 0) is 67.7 Å². The fourth-order valence-corrected chi connectivity index (χ4v) is 4.16. The molecule has 0 aliphatic rings. The van der Waals surface area contributed by atoms with Crippen LogP contribution >= 0.6 is 15.9 Å². The highest BCUT2D eigenvalue weighted by atomic mass is 79.9. The van der Waals surface area contributed by atoms with Crippen LogP contribution in [0, 0.1) is 21.4 Å². The summed E-state index contributed by atoms with van der Waals surface area (Å²) in [5, 5.41) is 23.0. The fraction of sp³-hybridized carbons (Fsp3) is 0.0741. The number of ether oxygens (including phenoxy) is 2. The molecular weight excluding hydrogens is 496 g/mol. The van der Waals surface area contributed by atoms with E-state index in [1.54, 1.807) is 31.4 Å². The van der Waals surface area contributed by atoms with Gasteiger partial charge in [0, 0.05) is 12.1 Å². The highest BCUT2D eigenvalue weighted by Crippen LogP contribution is 2.38. The smallest absolute Gasteiger partial charge is 0.270 e. The van der Waals surface area contributed by atoms with Crippen LogP contribution in [0.2, 0.25) is 0 Å². The van der Waals surface area contributed by atoms with Gasteiger partial charge in [0.2, 0.25) is 0 Å². The molecular formula is C27H19BrN2O4. The number of non-ortho nitro benzene ring substituents is 1. The van der Waals surface area contributed by atoms with Crippen molar-refractivity contribution in [3.63, 3.8) is 0 Å². The van der Waals surface area contributed by atoms with Gasteiger partial charge in [-0.2, -0.15) is 5.26 Å². The average molecular weight is 515 g/mol. The molecule has 0 radical (unpaired) electrons. The normalized spacial score (nSPS) is 11.1. The first-order chi connectivity index (χ1) is 16.5. The first-order valence-electron chi connectivity index (χ1n) is 10.3. The lowest BCUT2D eigenvalue weighted by Gasteiger charge is -2.14. The molecule has 0 unspecified atom stereocenters. The Bertz CT molecular complexity index is 1460. The number of hydrogen-bond acceptors (Lipinski definition) is 5. The van der Waals surface area contributed by atoms with E-state index in [0.29, 0.717) is 39.3 Å². The molecule has 6 nitrogen and oxygen atoms in total. The number of fused-ring (bicyclic) bond motifs is 1. The van der Waals surface area contributed by atoms with Crippen molar-refractivity contribution in [3.8, 4) is 17.6 Å². The number of halogens is 1. The molecule has 0 heterocycles. The van der Waals surface area contributed by atoms with E-state index in [1.165, 1.54) is 12.1 Å². The second-order valence-electron chi connectivity index (χ2n) is 7.48. The first kappa shape index (κ1) is 23.0. The van der Waals surface area contributed by atoms with E-state index in [0.717, 1.165) is 16.3 Å². The average Bonchev–Trinajstić information content (AvgIpc) is 2.86. The highest BCUT2D eigenvalue weighted by Gasteiger charge is 2.14. The molecule has 0 atom stereocenters.